The van der Waals surface area contributed by atoms with E-state index in [1.807, 2.05) is 22.4 Å². The van der Waals surface area contributed by atoms with E-state index in [1.54, 1.807) is 11.3 Å². The van der Waals surface area contributed by atoms with E-state index in [0.29, 0.717) is 25.9 Å². The van der Waals surface area contributed by atoms with Crippen molar-refractivity contribution in [3.63, 3.8) is 0 Å². The second-order valence-electron chi connectivity index (χ2n) is 9.01. The highest BCUT2D eigenvalue weighted by Crippen LogP contribution is 2.35. The Morgan fingerprint density at radius 3 is 2.39 bits per heavy atom. The van der Waals surface area contributed by atoms with Gasteiger partial charge in [0.05, 0.1) is 17.5 Å². The van der Waals surface area contributed by atoms with Gasteiger partial charge >= 0.3 is 0 Å². The molecule has 1 aromatic heterocycles. The lowest BCUT2D eigenvalue weighted by Gasteiger charge is -2.34. The van der Waals surface area contributed by atoms with Crippen LogP contribution in [-0.4, -0.2) is 44.9 Å². The molecule has 1 aliphatic heterocycles. The summed E-state index contributed by atoms with van der Waals surface area (Å²) in [7, 11) is -3.69. The van der Waals surface area contributed by atoms with E-state index in [0.717, 1.165) is 17.0 Å². The number of thiophene rings is 1. The summed E-state index contributed by atoms with van der Waals surface area (Å²) in [6.45, 7) is 7.87. The molecule has 31 heavy (non-hydrogen) atoms. The van der Waals surface area contributed by atoms with Crippen LogP contribution in [0.1, 0.15) is 44.5 Å². The molecule has 1 fully saturated rings. The van der Waals surface area contributed by atoms with Gasteiger partial charge in [0.25, 0.3) is 0 Å². The number of nitrogens with one attached hydrogen (secondary N) is 2. The second-order valence-corrected chi connectivity index (χ2v) is 11.7. The van der Waals surface area contributed by atoms with Crippen LogP contribution >= 0.6 is 11.3 Å². The van der Waals surface area contributed by atoms with E-state index < -0.39 is 15.8 Å². The lowest BCUT2D eigenvalue weighted by atomic mass is 9.85. The van der Waals surface area contributed by atoms with Gasteiger partial charge in [-0.15, -0.1) is 11.3 Å². The quantitative estimate of drug-likeness (QED) is 0.653. The molecule has 9 heteroatoms. The van der Waals surface area contributed by atoms with Crippen molar-refractivity contribution in [1.82, 2.24) is 14.9 Å². The average molecular weight is 468 g/mol. The summed E-state index contributed by atoms with van der Waals surface area (Å²) in [5.41, 5.74) is -0.105. The molecule has 2 aromatic rings. The fourth-order valence-corrected chi connectivity index (χ4v) is 6.01. The largest absolute Gasteiger partial charge is 0.347 e. The molecule has 0 radical (unpaired) electrons. The molecule has 1 atom stereocenters. The Balaban J connectivity index is 1.50. The Hall–Kier alpha value is -1.81. The molecule has 0 bridgehead atoms. The number of likely N-dealkylation sites (tertiary alicyclic amines) is 1. The molecule has 0 saturated carbocycles. The fourth-order valence-electron chi connectivity index (χ4n) is 3.69. The van der Waals surface area contributed by atoms with Gasteiger partial charge in [0, 0.05) is 24.0 Å². The third-order valence-electron chi connectivity index (χ3n) is 5.40. The molecule has 1 aromatic carbocycles. The Bertz CT molecular complexity index is 962. The maximum absolute atomic E-state index is 13.1. The number of piperidine rings is 1. The first-order valence-corrected chi connectivity index (χ1v) is 12.7. The van der Waals surface area contributed by atoms with Gasteiger partial charge in [0.15, 0.2) is 0 Å². The Kier molecular flexibility index (Phi) is 7.51. The Morgan fingerprint density at radius 1 is 1.19 bits per heavy atom. The minimum absolute atomic E-state index is 0.0290. The van der Waals surface area contributed by atoms with Crippen LogP contribution in [0.3, 0.4) is 0 Å². The van der Waals surface area contributed by atoms with Crippen molar-refractivity contribution in [2.75, 3.05) is 19.6 Å². The van der Waals surface area contributed by atoms with Crippen LogP contribution < -0.4 is 10.0 Å². The van der Waals surface area contributed by atoms with Crippen molar-refractivity contribution in [3.05, 3.63) is 52.5 Å². The molecule has 0 spiro atoms. The summed E-state index contributed by atoms with van der Waals surface area (Å²) in [6.07, 6.45) is 1.22. The molecule has 1 amide bonds. The van der Waals surface area contributed by atoms with E-state index >= 15 is 0 Å². The monoisotopic (exact) mass is 467 g/mol. The van der Waals surface area contributed by atoms with Crippen molar-refractivity contribution in [1.29, 1.82) is 0 Å². The number of nitrogens with zero attached hydrogens (tertiary/aromatic N) is 1. The third kappa shape index (κ3) is 6.58. The van der Waals surface area contributed by atoms with Crippen molar-refractivity contribution >= 4 is 27.3 Å². The van der Waals surface area contributed by atoms with E-state index in [4.69, 9.17) is 0 Å². The van der Waals surface area contributed by atoms with Crippen molar-refractivity contribution in [2.24, 2.45) is 5.41 Å². The lowest BCUT2D eigenvalue weighted by Crippen LogP contribution is -2.48. The Labute approximate surface area is 187 Å². The molecular weight excluding hydrogens is 437 g/mol. The van der Waals surface area contributed by atoms with E-state index in [2.05, 4.69) is 30.8 Å². The molecule has 1 unspecified atom stereocenters. The first-order valence-electron chi connectivity index (χ1n) is 10.4. The highest BCUT2D eigenvalue weighted by molar-refractivity contribution is 7.89. The van der Waals surface area contributed by atoms with Crippen LogP contribution in [-0.2, 0) is 14.8 Å². The number of rotatable bonds is 7. The first-order chi connectivity index (χ1) is 14.5. The van der Waals surface area contributed by atoms with Gasteiger partial charge in [-0.25, -0.2) is 17.5 Å². The molecule has 2 N–H and O–H groups in total. The molecule has 2 heterocycles. The zero-order chi connectivity index (χ0) is 22.6. The summed E-state index contributed by atoms with van der Waals surface area (Å²) >= 11 is 1.64. The molecular formula is C22H30FN3O3S2. The van der Waals surface area contributed by atoms with Crippen molar-refractivity contribution < 1.29 is 17.6 Å². The zero-order valence-electron chi connectivity index (χ0n) is 18.1. The number of hydrogen-bond acceptors (Lipinski definition) is 5. The highest BCUT2D eigenvalue weighted by atomic mass is 32.2. The van der Waals surface area contributed by atoms with Crippen LogP contribution in [0.2, 0.25) is 0 Å². The highest BCUT2D eigenvalue weighted by Gasteiger charge is 2.30. The van der Waals surface area contributed by atoms with Crippen LogP contribution in [0.4, 0.5) is 4.39 Å². The fraction of sp³-hybridized carbons (Fsp3) is 0.500. The number of halogens is 1. The van der Waals surface area contributed by atoms with E-state index in [9.17, 15) is 17.6 Å². The predicted molar refractivity (Wildman–Crippen MR) is 121 cm³/mol. The first kappa shape index (κ1) is 23.8. The minimum atomic E-state index is -3.69. The van der Waals surface area contributed by atoms with Gasteiger partial charge in [-0.3, -0.25) is 9.69 Å². The predicted octanol–water partition coefficient (Wildman–Crippen LogP) is 3.53. The van der Waals surface area contributed by atoms with Crippen molar-refractivity contribution in [3.8, 4) is 0 Å². The molecule has 0 aliphatic carbocycles. The van der Waals surface area contributed by atoms with Gasteiger partial charge in [-0.2, -0.15) is 0 Å². The lowest BCUT2D eigenvalue weighted by molar-refractivity contribution is -0.124. The van der Waals surface area contributed by atoms with Gasteiger partial charge in [0.2, 0.25) is 15.9 Å². The minimum Gasteiger partial charge on any atom is -0.347 e. The Morgan fingerprint density at radius 2 is 1.84 bits per heavy atom. The van der Waals surface area contributed by atoms with Gasteiger partial charge in [0.1, 0.15) is 5.82 Å². The van der Waals surface area contributed by atoms with Gasteiger partial charge in [-0.05, 0) is 54.0 Å². The summed E-state index contributed by atoms with van der Waals surface area (Å²) in [5.74, 6) is -0.503. The summed E-state index contributed by atoms with van der Waals surface area (Å²) in [6, 6.07) is 8.56. The zero-order valence-corrected chi connectivity index (χ0v) is 19.7. The van der Waals surface area contributed by atoms with Crippen LogP contribution in [0.15, 0.2) is 46.7 Å². The standard InChI is InChI=1S/C22H30FN3O3S2/c1-22(2,3)21(19-5-4-14-30-19)24-20(27)15-26-12-10-17(11-13-26)25-31(28,29)18-8-6-16(23)7-9-18/h4-9,14,17,21,25H,10-13,15H2,1-3H3,(H,24,27). The molecule has 3 rings (SSSR count). The summed E-state index contributed by atoms with van der Waals surface area (Å²) in [5, 5.41) is 5.18. The topological polar surface area (TPSA) is 78.5 Å². The van der Waals surface area contributed by atoms with Gasteiger partial charge < -0.3 is 5.32 Å². The maximum Gasteiger partial charge on any atom is 0.240 e. The SMILES string of the molecule is CC(C)(C)C(NC(=O)CN1CCC(NS(=O)(=O)c2ccc(F)cc2)CC1)c1cccs1. The number of amides is 1. The second kappa shape index (κ2) is 9.77. The average Bonchev–Trinajstić information content (AvgIpc) is 3.21. The van der Waals surface area contributed by atoms with Crippen LogP contribution in [0, 0.1) is 11.2 Å². The van der Waals surface area contributed by atoms with Crippen molar-refractivity contribution in [2.45, 2.75) is 50.6 Å². The molecule has 6 nitrogen and oxygen atoms in total. The number of hydrogen-bond donors (Lipinski definition) is 2. The normalized spacial score (nSPS) is 17.4. The van der Waals surface area contributed by atoms with E-state index in [-0.39, 0.29) is 34.8 Å². The summed E-state index contributed by atoms with van der Waals surface area (Å²) < 4.78 is 40.7. The van der Waals surface area contributed by atoms with E-state index in [1.165, 1.54) is 12.1 Å². The number of carbonyl (C=O) groups is 1. The molecule has 1 aliphatic rings. The van der Waals surface area contributed by atoms with Crippen LogP contribution in [0.5, 0.6) is 0 Å². The number of benzene rings is 1. The molecule has 1 saturated heterocycles. The maximum atomic E-state index is 13.1. The smallest absolute Gasteiger partial charge is 0.240 e. The van der Waals surface area contributed by atoms with Crippen LogP contribution in [0.25, 0.3) is 0 Å². The third-order valence-corrected chi connectivity index (χ3v) is 7.87. The van der Waals surface area contributed by atoms with Gasteiger partial charge in [-0.1, -0.05) is 26.8 Å². The molecule has 170 valence electrons. The summed E-state index contributed by atoms with van der Waals surface area (Å²) in [4.78, 5) is 15.9. The number of carbonyl (C=O) groups excluding carboxylic acids is 1. The number of sulfonamides is 1.